The molecule has 6 nitrogen and oxygen atoms in total. The Morgan fingerprint density at radius 3 is 2.55 bits per heavy atom. The van der Waals surface area contributed by atoms with Gasteiger partial charge in [0.1, 0.15) is 17.4 Å². The van der Waals surface area contributed by atoms with E-state index < -0.39 is 18.8 Å². The summed E-state index contributed by atoms with van der Waals surface area (Å²) in [4.78, 5) is 9.52. The van der Waals surface area contributed by atoms with Crippen LogP contribution in [0.2, 0.25) is 0 Å². The number of nitrogens with zero attached hydrogens (tertiary/aromatic N) is 3. The van der Waals surface area contributed by atoms with Crippen LogP contribution in [0, 0.1) is 13.8 Å². The number of nitrogen functional groups attached to an aromatic ring is 1. The fourth-order valence-electron chi connectivity index (χ4n) is 2.10. The van der Waals surface area contributed by atoms with Crippen molar-refractivity contribution in [1.82, 2.24) is 14.9 Å². The molecule has 0 spiro atoms. The molecule has 2 aromatic heterocycles. The van der Waals surface area contributed by atoms with Gasteiger partial charge in [-0.05, 0) is 20.9 Å². The molecule has 0 bridgehead atoms. The Labute approximate surface area is 124 Å². The highest BCUT2D eigenvalue weighted by atomic mass is 19.4. The van der Waals surface area contributed by atoms with E-state index in [4.69, 9.17) is 15.3 Å². The number of nitrogens with two attached hydrogens (primary N) is 1. The molecular weight excluding hydrogens is 301 g/mol. The van der Waals surface area contributed by atoms with Crippen molar-refractivity contribution in [3.05, 3.63) is 17.1 Å². The van der Waals surface area contributed by atoms with Crippen LogP contribution in [0.3, 0.4) is 0 Å². The van der Waals surface area contributed by atoms with Crippen molar-refractivity contribution in [2.45, 2.75) is 32.7 Å². The van der Waals surface area contributed by atoms with Crippen molar-refractivity contribution < 1.29 is 22.7 Å². The zero-order valence-electron chi connectivity index (χ0n) is 12.4. The topological polar surface area (TPSA) is 88.4 Å². The minimum Gasteiger partial charge on any atom is -0.443 e. The Morgan fingerprint density at radius 2 is 1.95 bits per heavy atom. The number of fused-ring (bicyclic) bond motifs is 1. The van der Waals surface area contributed by atoms with Crippen LogP contribution >= 0.6 is 0 Å². The first-order chi connectivity index (χ1) is 10.1. The van der Waals surface area contributed by atoms with Crippen molar-refractivity contribution in [3.63, 3.8) is 0 Å². The number of halogens is 3. The standard InChI is InChI=1S/C13H17F3N4O2/c1-6-7(2)22-12-10(6)11(17)18-9(19-12)5-20(3)4-8(21)13(14,15)16/h8,21H,4-5H2,1-3H3,(H2,17,18,19). The highest BCUT2D eigenvalue weighted by molar-refractivity contribution is 5.88. The first-order valence-electron chi connectivity index (χ1n) is 6.55. The summed E-state index contributed by atoms with van der Waals surface area (Å²) < 4.78 is 42.4. The monoisotopic (exact) mass is 318 g/mol. The fourth-order valence-corrected chi connectivity index (χ4v) is 2.10. The van der Waals surface area contributed by atoms with Gasteiger partial charge in [-0.25, -0.2) is 4.98 Å². The smallest absolute Gasteiger partial charge is 0.415 e. The predicted molar refractivity (Wildman–Crippen MR) is 74.1 cm³/mol. The van der Waals surface area contributed by atoms with Crippen molar-refractivity contribution in [3.8, 4) is 0 Å². The minimum absolute atomic E-state index is 0.00603. The van der Waals surface area contributed by atoms with E-state index in [0.29, 0.717) is 16.9 Å². The van der Waals surface area contributed by atoms with Crippen molar-refractivity contribution in [2.75, 3.05) is 19.3 Å². The molecule has 0 aromatic carbocycles. The maximum atomic E-state index is 12.3. The van der Waals surface area contributed by atoms with Gasteiger partial charge < -0.3 is 15.3 Å². The van der Waals surface area contributed by atoms with E-state index in [2.05, 4.69) is 9.97 Å². The van der Waals surface area contributed by atoms with E-state index in [1.165, 1.54) is 11.9 Å². The third kappa shape index (κ3) is 3.30. The summed E-state index contributed by atoms with van der Waals surface area (Å²) in [5, 5.41) is 9.66. The van der Waals surface area contributed by atoms with E-state index in [9.17, 15) is 13.2 Å². The van der Waals surface area contributed by atoms with Gasteiger partial charge in [0.2, 0.25) is 5.71 Å². The second-order valence-corrected chi connectivity index (χ2v) is 5.24. The number of rotatable bonds is 4. The minimum atomic E-state index is -4.66. The molecule has 2 aromatic rings. The predicted octanol–water partition coefficient (Wildman–Crippen LogP) is 1.78. The summed E-state index contributed by atoms with van der Waals surface area (Å²) in [5.74, 6) is 1.11. The molecule has 0 fully saturated rings. The van der Waals surface area contributed by atoms with Gasteiger partial charge in [-0.15, -0.1) is 0 Å². The number of hydrogen-bond donors (Lipinski definition) is 2. The molecule has 0 aliphatic carbocycles. The second-order valence-electron chi connectivity index (χ2n) is 5.24. The molecule has 1 atom stereocenters. The zero-order chi connectivity index (χ0) is 16.7. The average molecular weight is 318 g/mol. The van der Waals surface area contributed by atoms with E-state index >= 15 is 0 Å². The quantitative estimate of drug-likeness (QED) is 0.893. The third-order valence-corrected chi connectivity index (χ3v) is 3.38. The molecule has 0 aliphatic heterocycles. The number of anilines is 1. The first-order valence-corrected chi connectivity index (χ1v) is 6.55. The summed E-state index contributed by atoms with van der Waals surface area (Å²) >= 11 is 0. The number of furan rings is 1. The highest BCUT2D eigenvalue weighted by Crippen LogP contribution is 2.27. The highest BCUT2D eigenvalue weighted by Gasteiger charge is 2.38. The number of aliphatic hydroxyl groups excluding tert-OH is 1. The summed E-state index contributed by atoms with van der Waals surface area (Å²) in [6.45, 7) is 3.02. The SMILES string of the molecule is Cc1oc2nc(CN(C)CC(O)C(F)(F)F)nc(N)c2c1C. The van der Waals surface area contributed by atoms with Crippen LogP contribution in [0.1, 0.15) is 17.1 Å². The molecule has 9 heteroatoms. The molecule has 0 amide bonds. The number of likely N-dealkylation sites (N-methyl/N-ethyl adjacent to an activating group) is 1. The van der Waals surface area contributed by atoms with E-state index in [1.54, 1.807) is 6.92 Å². The van der Waals surface area contributed by atoms with Crippen LogP contribution in [0.25, 0.3) is 11.1 Å². The van der Waals surface area contributed by atoms with E-state index in [-0.39, 0.29) is 18.2 Å². The summed E-state index contributed by atoms with van der Waals surface area (Å²) in [5.41, 5.74) is 7.00. The molecule has 122 valence electrons. The van der Waals surface area contributed by atoms with E-state index in [1.807, 2.05) is 6.92 Å². The fraction of sp³-hybridized carbons (Fsp3) is 0.538. The van der Waals surface area contributed by atoms with Crippen LogP contribution in [-0.2, 0) is 6.54 Å². The lowest BCUT2D eigenvalue weighted by atomic mass is 10.2. The van der Waals surface area contributed by atoms with Crippen molar-refractivity contribution >= 4 is 16.9 Å². The molecule has 3 N–H and O–H groups in total. The van der Waals surface area contributed by atoms with Crippen LogP contribution in [0.15, 0.2) is 4.42 Å². The normalized spacial score (nSPS) is 14.0. The lowest BCUT2D eigenvalue weighted by Gasteiger charge is -2.21. The Kier molecular flexibility index (Phi) is 4.30. The Hall–Kier alpha value is -1.87. The first kappa shape index (κ1) is 16.5. The summed E-state index contributed by atoms with van der Waals surface area (Å²) in [7, 11) is 1.43. The van der Waals surface area contributed by atoms with Crippen molar-refractivity contribution in [2.24, 2.45) is 0 Å². The Bertz CT molecular complexity index is 684. The van der Waals surface area contributed by atoms with Gasteiger partial charge in [-0.2, -0.15) is 18.2 Å². The third-order valence-electron chi connectivity index (χ3n) is 3.38. The zero-order valence-corrected chi connectivity index (χ0v) is 12.4. The summed E-state index contributed by atoms with van der Waals surface area (Å²) in [6, 6.07) is 0. The van der Waals surface area contributed by atoms with Crippen molar-refractivity contribution in [1.29, 1.82) is 0 Å². The van der Waals surface area contributed by atoms with Crippen LogP contribution < -0.4 is 5.73 Å². The number of aliphatic hydroxyl groups is 1. The molecule has 0 aliphatic rings. The van der Waals surface area contributed by atoms with Crippen LogP contribution in [0.4, 0.5) is 19.0 Å². The molecule has 0 saturated carbocycles. The van der Waals surface area contributed by atoms with Gasteiger partial charge in [-0.1, -0.05) is 0 Å². The molecule has 2 heterocycles. The lowest BCUT2D eigenvalue weighted by molar-refractivity contribution is -0.207. The molecule has 0 radical (unpaired) electrons. The molecule has 2 rings (SSSR count). The van der Waals surface area contributed by atoms with Gasteiger partial charge >= 0.3 is 6.18 Å². The number of hydrogen-bond acceptors (Lipinski definition) is 6. The number of aromatic nitrogens is 2. The van der Waals surface area contributed by atoms with E-state index in [0.717, 1.165) is 5.56 Å². The maximum Gasteiger partial charge on any atom is 0.415 e. The number of aryl methyl sites for hydroxylation is 2. The maximum absolute atomic E-state index is 12.3. The molecule has 22 heavy (non-hydrogen) atoms. The molecule has 1 unspecified atom stereocenters. The van der Waals surface area contributed by atoms with Gasteiger partial charge in [-0.3, -0.25) is 4.90 Å². The van der Waals surface area contributed by atoms with Gasteiger partial charge in [0.15, 0.2) is 6.10 Å². The van der Waals surface area contributed by atoms with Crippen LogP contribution in [0.5, 0.6) is 0 Å². The number of alkyl halides is 3. The van der Waals surface area contributed by atoms with Gasteiger partial charge in [0, 0.05) is 12.1 Å². The van der Waals surface area contributed by atoms with Gasteiger partial charge in [0.25, 0.3) is 0 Å². The van der Waals surface area contributed by atoms with Gasteiger partial charge in [0.05, 0.1) is 11.9 Å². The Morgan fingerprint density at radius 1 is 1.32 bits per heavy atom. The van der Waals surface area contributed by atoms with Crippen LogP contribution in [-0.4, -0.2) is 45.8 Å². The second kappa shape index (κ2) is 5.73. The lowest BCUT2D eigenvalue weighted by Crippen LogP contribution is -2.39. The summed E-state index contributed by atoms with van der Waals surface area (Å²) in [6.07, 6.45) is -7.08. The molecule has 0 saturated heterocycles. The largest absolute Gasteiger partial charge is 0.443 e. The molecular formula is C13H17F3N4O2. The average Bonchev–Trinajstić information content (AvgIpc) is 2.63. The Balaban J connectivity index is 2.18.